The lowest BCUT2D eigenvalue weighted by Gasteiger charge is -2.29. The van der Waals surface area contributed by atoms with E-state index in [2.05, 4.69) is 72.3 Å². The Morgan fingerprint density at radius 2 is 1.08 bits per heavy atom. The van der Waals surface area contributed by atoms with Gasteiger partial charge in [0.25, 0.3) is 0 Å². The average molecular weight is 1180 g/mol. The third-order valence-electron chi connectivity index (χ3n) is 13.7. The van der Waals surface area contributed by atoms with Gasteiger partial charge in [0, 0.05) is 19.4 Å². The minimum absolute atomic E-state index is 0.0500. The standard InChI is InChI=1S/C53H91N15O15/c1-6-28(2)12-10-11-15-40(73)59-33(16-21-54)47(77)67-43(31(5)72)53(83)65-39(27-69)50(80)62-37-20-25-58-51(81)41(29(3)70)66-48(78)36(19-24-57)61-44(74)35(18-23-56)63-52(82)42(30(4)71)68-49(79)38(26-32-13-8-7-9-14-32)64-45(75)34(17-22-55)60-46(37)76/h7-9,13-14,28-31,33-39,41-43,69-72H,6,10-12,15-27,54-57H2,1-5H3,(H,58,81)(H,59,73)(H,60,76)(H,61,74)(H,62,80)(H,63,82)(H,64,75)(H,65,83)(H,66,78)(H,67,77)(H,68,79)/t28-,29+,30+,31+,33-,34-,35-,36-,37-,38+,39+,41-,42-,43-/m0/s1. The molecule has 30 heteroatoms. The van der Waals surface area contributed by atoms with Crippen molar-refractivity contribution >= 4 is 65.0 Å². The van der Waals surface area contributed by atoms with E-state index < -0.39 is 163 Å². The maximum Gasteiger partial charge on any atom is 0.245 e. The predicted octanol–water partition coefficient (Wildman–Crippen LogP) is -7.27. The molecule has 23 N–H and O–H groups in total. The number of rotatable bonds is 27. The van der Waals surface area contributed by atoms with Crippen molar-refractivity contribution < 1.29 is 73.2 Å². The number of aliphatic hydroxyl groups excluding tert-OH is 4. The smallest absolute Gasteiger partial charge is 0.245 e. The van der Waals surface area contributed by atoms with Crippen LogP contribution in [0.25, 0.3) is 0 Å². The van der Waals surface area contributed by atoms with Crippen molar-refractivity contribution in [1.82, 2.24) is 58.5 Å². The van der Waals surface area contributed by atoms with Gasteiger partial charge in [0.1, 0.15) is 60.4 Å². The number of unbranched alkanes of at least 4 members (excludes halogenated alkanes) is 1. The van der Waals surface area contributed by atoms with Crippen LogP contribution in [0.4, 0.5) is 0 Å². The van der Waals surface area contributed by atoms with Gasteiger partial charge >= 0.3 is 0 Å². The third-order valence-corrected chi connectivity index (χ3v) is 13.7. The molecule has 1 saturated heterocycles. The van der Waals surface area contributed by atoms with Crippen LogP contribution in [-0.4, -0.2) is 203 Å². The molecule has 0 spiro atoms. The first-order valence-corrected chi connectivity index (χ1v) is 28.2. The molecule has 0 unspecified atom stereocenters. The quantitative estimate of drug-likeness (QED) is 0.0364. The summed E-state index contributed by atoms with van der Waals surface area (Å²) >= 11 is 0. The highest BCUT2D eigenvalue weighted by atomic mass is 16.3. The molecule has 1 fully saturated rings. The Morgan fingerprint density at radius 3 is 1.59 bits per heavy atom. The zero-order chi connectivity index (χ0) is 62.3. The largest absolute Gasteiger partial charge is 0.394 e. The van der Waals surface area contributed by atoms with Gasteiger partial charge in [-0.05, 0) is 97.0 Å². The lowest BCUT2D eigenvalue weighted by molar-refractivity contribution is -0.137. The molecule has 1 aliphatic heterocycles. The second-order valence-corrected chi connectivity index (χ2v) is 20.7. The summed E-state index contributed by atoms with van der Waals surface area (Å²) in [6.45, 7) is 5.31. The van der Waals surface area contributed by atoms with Crippen molar-refractivity contribution in [2.45, 2.75) is 184 Å². The summed E-state index contributed by atoms with van der Waals surface area (Å²) in [5, 5.41) is 69.3. The number of carbonyl (C=O) groups is 11. The highest BCUT2D eigenvalue weighted by molar-refractivity contribution is 5.99. The number of nitrogens with two attached hydrogens (primary N) is 4. The zero-order valence-corrected chi connectivity index (χ0v) is 48.1. The fourth-order valence-corrected chi connectivity index (χ4v) is 8.55. The topological polar surface area (TPSA) is 505 Å². The molecule has 2 rings (SSSR count). The molecule has 0 aromatic heterocycles. The van der Waals surface area contributed by atoms with E-state index >= 15 is 0 Å². The second-order valence-electron chi connectivity index (χ2n) is 20.7. The number of nitrogens with one attached hydrogen (secondary N) is 11. The summed E-state index contributed by atoms with van der Waals surface area (Å²) in [6, 6.07) is -8.01. The molecule has 0 aliphatic carbocycles. The molecule has 11 amide bonds. The number of benzene rings is 1. The minimum Gasteiger partial charge on any atom is -0.394 e. The lowest BCUT2D eigenvalue weighted by atomic mass is 10.0. The summed E-state index contributed by atoms with van der Waals surface area (Å²) in [4.78, 5) is 152. The van der Waals surface area contributed by atoms with Crippen molar-refractivity contribution in [3.05, 3.63) is 35.9 Å². The molecular formula is C53H91N15O15. The summed E-state index contributed by atoms with van der Waals surface area (Å²) in [6.07, 6.45) is -3.06. The second kappa shape index (κ2) is 38.0. The number of carbonyl (C=O) groups excluding carboxylic acids is 11. The third kappa shape index (κ3) is 25.2. The van der Waals surface area contributed by atoms with E-state index in [1.165, 1.54) is 6.92 Å². The Hall–Kier alpha value is -6.93. The molecule has 14 atom stereocenters. The van der Waals surface area contributed by atoms with Crippen LogP contribution in [0.1, 0.15) is 104 Å². The van der Waals surface area contributed by atoms with E-state index in [0.717, 1.165) is 33.1 Å². The Kier molecular flexibility index (Phi) is 33.1. The van der Waals surface area contributed by atoms with Crippen LogP contribution in [0.3, 0.4) is 0 Å². The van der Waals surface area contributed by atoms with Crippen LogP contribution >= 0.6 is 0 Å². The van der Waals surface area contributed by atoms with E-state index in [-0.39, 0.29) is 64.7 Å². The fraction of sp³-hybridized carbons (Fsp3) is 0.679. The van der Waals surface area contributed by atoms with E-state index in [1.54, 1.807) is 30.3 Å². The van der Waals surface area contributed by atoms with Gasteiger partial charge in [0.2, 0.25) is 65.0 Å². The molecule has 1 aromatic rings. The predicted molar refractivity (Wildman–Crippen MR) is 302 cm³/mol. The van der Waals surface area contributed by atoms with Gasteiger partial charge in [-0.3, -0.25) is 52.7 Å². The number of hydrogen-bond donors (Lipinski definition) is 19. The zero-order valence-electron chi connectivity index (χ0n) is 48.1. The Balaban J connectivity index is 2.63. The molecule has 83 heavy (non-hydrogen) atoms. The van der Waals surface area contributed by atoms with Crippen molar-refractivity contribution in [3.63, 3.8) is 0 Å². The van der Waals surface area contributed by atoms with Crippen LogP contribution < -0.4 is 81.4 Å². The molecule has 0 radical (unpaired) electrons. The van der Waals surface area contributed by atoms with Crippen molar-refractivity contribution in [2.75, 3.05) is 39.3 Å². The maximum absolute atomic E-state index is 14.4. The Bertz CT molecular complexity index is 2280. The highest BCUT2D eigenvalue weighted by Gasteiger charge is 2.38. The van der Waals surface area contributed by atoms with Crippen molar-refractivity contribution in [3.8, 4) is 0 Å². The van der Waals surface area contributed by atoms with Gasteiger partial charge in [-0.1, -0.05) is 63.4 Å². The van der Waals surface area contributed by atoms with Crippen LogP contribution in [0.15, 0.2) is 30.3 Å². The van der Waals surface area contributed by atoms with Crippen LogP contribution in [0.5, 0.6) is 0 Å². The average Bonchev–Trinajstić information content (AvgIpc) is 3.45. The molecule has 30 nitrogen and oxygen atoms in total. The Morgan fingerprint density at radius 1 is 0.578 bits per heavy atom. The lowest BCUT2D eigenvalue weighted by Crippen LogP contribution is -2.63. The fourth-order valence-electron chi connectivity index (χ4n) is 8.55. The minimum atomic E-state index is -1.91. The molecule has 1 aromatic carbocycles. The van der Waals surface area contributed by atoms with Crippen molar-refractivity contribution in [1.29, 1.82) is 0 Å². The van der Waals surface area contributed by atoms with Gasteiger partial charge in [-0.15, -0.1) is 0 Å². The van der Waals surface area contributed by atoms with E-state index in [4.69, 9.17) is 22.9 Å². The first kappa shape index (κ1) is 72.2. The number of aliphatic hydroxyl groups is 4. The van der Waals surface area contributed by atoms with E-state index in [9.17, 15) is 73.2 Å². The summed E-state index contributed by atoms with van der Waals surface area (Å²) < 4.78 is 0. The van der Waals surface area contributed by atoms with Crippen molar-refractivity contribution in [2.24, 2.45) is 28.9 Å². The molecule has 468 valence electrons. The maximum atomic E-state index is 14.4. The molecule has 0 saturated carbocycles. The SMILES string of the molecule is CC[C@H](C)CCCCC(=O)N[C@@H](CCN)C(=O)N[C@H](C(=O)N[C@H](CO)C(=O)N[C@H]1CCNC(=O)[C@H]([C@@H](C)O)NC(=O)[C@H](CCN)NC(=O)[C@H](CCN)NC(=O)[C@H]([C@@H](C)O)NC(=O)[C@@H](Cc2ccccc2)NC(=O)[C@H](CCN)NC1=O)[C@@H](C)O. The monoisotopic (exact) mass is 1180 g/mol. The van der Waals surface area contributed by atoms with Gasteiger partial charge in [-0.25, -0.2) is 0 Å². The first-order chi connectivity index (χ1) is 39.3. The van der Waals surface area contributed by atoms with E-state index in [0.29, 0.717) is 17.9 Å². The number of hydrogen-bond acceptors (Lipinski definition) is 19. The highest BCUT2D eigenvalue weighted by Crippen LogP contribution is 2.13. The summed E-state index contributed by atoms with van der Waals surface area (Å²) in [5.41, 5.74) is 23.7. The molecule has 0 bridgehead atoms. The molecule has 1 aliphatic rings. The van der Waals surface area contributed by atoms with Crippen LogP contribution in [-0.2, 0) is 59.2 Å². The van der Waals surface area contributed by atoms with Gasteiger partial charge in [0.15, 0.2) is 0 Å². The number of amides is 11. The van der Waals surface area contributed by atoms with Gasteiger partial charge in [0.05, 0.1) is 24.9 Å². The summed E-state index contributed by atoms with van der Waals surface area (Å²) in [5.74, 6) is -10.5. The van der Waals surface area contributed by atoms with Crippen LogP contribution in [0, 0.1) is 5.92 Å². The first-order valence-electron chi connectivity index (χ1n) is 28.2. The van der Waals surface area contributed by atoms with Gasteiger partial charge in [-0.2, -0.15) is 0 Å². The molecular weight excluding hydrogens is 1090 g/mol. The summed E-state index contributed by atoms with van der Waals surface area (Å²) in [7, 11) is 0. The van der Waals surface area contributed by atoms with Crippen LogP contribution in [0.2, 0.25) is 0 Å². The molecule has 1 heterocycles. The Labute approximate surface area is 483 Å². The normalized spacial score (nSPS) is 23.5. The van der Waals surface area contributed by atoms with E-state index in [1.807, 2.05) is 0 Å². The van der Waals surface area contributed by atoms with Gasteiger partial charge < -0.3 is 102 Å².